The maximum absolute atomic E-state index is 12.8. The third kappa shape index (κ3) is 4.81. The average molecular weight is 379 g/mol. The number of rotatable bonds is 5. The number of hydrogen-bond acceptors (Lipinski definition) is 3. The Morgan fingerprint density at radius 1 is 0.893 bits per heavy atom. The fourth-order valence-electron chi connectivity index (χ4n) is 4.36. The van der Waals surface area contributed by atoms with Crippen molar-refractivity contribution in [3.8, 4) is 0 Å². The second kappa shape index (κ2) is 8.89. The first-order valence-electron chi connectivity index (χ1n) is 10.4. The van der Waals surface area contributed by atoms with Crippen LogP contribution >= 0.6 is 0 Å². The van der Waals surface area contributed by atoms with Crippen molar-refractivity contribution in [2.45, 2.75) is 31.3 Å². The van der Waals surface area contributed by atoms with Gasteiger partial charge >= 0.3 is 0 Å². The molecule has 2 saturated heterocycles. The van der Waals surface area contributed by atoms with Crippen LogP contribution < -0.4 is 0 Å². The fraction of sp³-hybridized carbons (Fsp3) is 0.458. The molecule has 148 valence electrons. The zero-order valence-electron chi connectivity index (χ0n) is 16.6. The van der Waals surface area contributed by atoms with E-state index in [9.17, 15) is 4.79 Å². The number of ether oxygens (including phenoxy) is 1. The van der Waals surface area contributed by atoms with Crippen molar-refractivity contribution in [2.24, 2.45) is 0 Å². The average Bonchev–Trinajstić information content (AvgIpc) is 2.75. The molecule has 1 amide bonds. The van der Waals surface area contributed by atoms with Gasteiger partial charge in [-0.15, -0.1) is 0 Å². The molecule has 28 heavy (non-hydrogen) atoms. The van der Waals surface area contributed by atoms with Gasteiger partial charge in [-0.1, -0.05) is 60.7 Å². The summed E-state index contributed by atoms with van der Waals surface area (Å²) in [6.45, 7) is 5.30. The van der Waals surface area contributed by atoms with Gasteiger partial charge in [-0.2, -0.15) is 0 Å². The van der Waals surface area contributed by atoms with Gasteiger partial charge in [-0.25, -0.2) is 0 Å². The van der Waals surface area contributed by atoms with E-state index in [2.05, 4.69) is 35.2 Å². The normalized spacial score (nSPS) is 19.6. The van der Waals surface area contributed by atoms with E-state index in [1.165, 1.54) is 5.56 Å². The Kier molecular flexibility index (Phi) is 6.08. The highest BCUT2D eigenvalue weighted by Crippen LogP contribution is 2.30. The molecule has 2 aromatic rings. The van der Waals surface area contributed by atoms with Crippen LogP contribution in [-0.2, 0) is 22.4 Å². The van der Waals surface area contributed by atoms with Crippen LogP contribution in [0.3, 0.4) is 0 Å². The molecule has 4 rings (SSSR count). The number of carbonyl (C=O) groups is 1. The number of carbonyl (C=O) groups excluding carboxylic acids is 1. The standard InChI is InChI=1S/C24H30N2O2/c27-23(19-22-9-5-2-6-10-22)26-17-18-28-24(20-26)12-15-25(16-13-24)14-11-21-7-3-1-4-8-21/h1-10H,11-20H2. The maximum atomic E-state index is 12.8. The Hall–Kier alpha value is -2.17. The molecule has 2 fully saturated rings. The predicted molar refractivity (Wildman–Crippen MR) is 111 cm³/mol. The second-order valence-corrected chi connectivity index (χ2v) is 8.09. The number of piperidine rings is 1. The van der Waals surface area contributed by atoms with E-state index >= 15 is 0 Å². The summed E-state index contributed by atoms with van der Waals surface area (Å²) in [4.78, 5) is 17.3. The first-order chi connectivity index (χ1) is 13.7. The van der Waals surface area contributed by atoms with Gasteiger partial charge in [0.15, 0.2) is 0 Å². The fourth-order valence-corrected chi connectivity index (χ4v) is 4.36. The summed E-state index contributed by atoms with van der Waals surface area (Å²) in [7, 11) is 0. The van der Waals surface area contributed by atoms with Gasteiger partial charge in [-0.05, 0) is 30.4 Å². The summed E-state index contributed by atoms with van der Waals surface area (Å²) < 4.78 is 6.23. The number of benzene rings is 2. The highest BCUT2D eigenvalue weighted by atomic mass is 16.5. The van der Waals surface area contributed by atoms with Gasteiger partial charge in [0.1, 0.15) is 0 Å². The van der Waals surface area contributed by atoms with E-state index in [1.54, 1.807) is 0 Å². The summed E-state index contributed by atoms with van der Waals surface area (Å²) in [6.07, 6.45) is 3.60. The molecular weight excluding hydrogens is 348 g/mol. The molecule has 0 unspecified atom stereocenters. The number of hydrogen-bond donors (Lipinski definition) is 0. The van der Waals surface area contributed by atoms with Gasteiger partial charge in [0.05, 0.1) is 18.6 Å². The Labute approximate surface area is 168 Å². The van der Waals surface area contributed by atoms with Crippen LogP contribution in [0.5, 0.6) is 0 Å². The van der Waals surface area contributed by atoms with Gasteiger partial charge in [0, 0.05) is 32.7 Å². The van der Waals surface area contributed by atoms with Gasteiger partial charge in [-0.3, -0.25) is 4.79 Å². The molecule has 0 bridgehead atoms. The Balaban J connectivity index is 1.28. The molecule has 0 saturated carbocycles. The summed E-state index contributed by atoms with van der Waals surface area (Å²) in [5.74, 6) is 0.223. The summed E-state index contributed by atoms with van der Waals surface area (Å²) in [5.41, 5.74) is 2.34. The lowest BCUT2D eigenvalue weighted by molar-refractivity contribution is -0.158. The molecule has 2 aromatic carbocycles. The lowest BCUT2D eigenvalue weighted by Gasteiger charge is -2.47. The van der Waals surface area contributed by atoms with Crippen LogP contribution in [0.2, 0.25) is 0 Å². The monoisotopic (exact) mass is 378 g/mol. The van der Waals surface area contributed by atoms with Crippen LogP contribution in [0, 0.1) is 0 Å². The lowest BCUT2D eigenvalue weighted by Crippen LogP contribution is -2.58. The van der Waals surface area contributed by atoms with E-state index in [0.717, 1.165) is 51.0 Å². The Morgan fingerprint density at radius 3 is 2.21 bits per heavy atom. The molecule has 0 aromatic heterocycles. The van der Waals surface area contributed by atoms with E-state index in [-0.39, 0.29) is 11.5 Å². The second-order valence-electron chi connectivity index (χ2n) is 8.09. The largest absolute Gasteiger partial charge is 0.371 e. The Bertz CT molecular complexity index is 755. The number of nitrogens with zero attached hydrogens (tertiary/aromatic N) is 2. The molecule has 1 spiro atoms. The van der Waals surface area contributed by atoms with Crippen molar-refractivity contribution >= 4 is 5.91 Å². The molecule has 4 heteroatoms. The first kappa shape index (κ1) is 19.2. The molecular formula is C24H30N2O2. The van der Waals surface area contributed by atoms with Crippen molar-refractivity contribution < 1.29 is 9.53 Å². The molecule has 0 radical (unpaired) electrons. The van der Waals surface area contributed by atoms with Crippen LogP contribution in [-0.4, -0.2) is 60.6 Å². The number of morpholine rings is 1. The topological polar surface area (TPSA) is 32.8 Å². The van der Waals surface area contributed by atoms with Gasteiger partial charge in [0.2, 0.25) is 5.91 Å². The third-order valence-electron chi connectivity index (χ3n) is 6.13. The minimum atomic E-state index is -0.145. The molecule has 2 aliphatic heterocycles. The number of amides is 1. The van der Waals surface area contributed by atoms with E-state index in [0.29, 0.717) is 19.6 Å². The Morgan fingerprint density at radius 2 is 1.54 bits per heavy atom. The van der Waals surface area contributed by atoms with E-state index in [4.69, 9.17) is 4.74 Å². The van der Waals surface area contributed by atoms with Crippen molar-refractivity contribution in [1.82, 2.24) is 9.80 Å². The van der Waals surface area contributed by atoms with Crippen molar-refractivity contribution in [2.75, 3.05) is 39.3 Å². The van der Waals surface area contributed by atoms with Crippen LogP contribution in [0.15, 0.2) is 60.7 Å². The van der Waals surface area contributed by atoms with Crippen LogP contribution in [0.25, 0.3) is 0 Å². The highest BCUT2D eigenvalue weighted by molar-refractivity contribution is 5.79. The zero-order valence-corrected chi connectivity index (χ0v) is 16.6. The minimum absolute atomic E-state index is 0.145. The van der Waals surface area contributed by atoms with Crippen molar-refractivity contribution in [3.63, 3.8) is 0 Å². The third-order valence-corrected chi connectivity index (χ3v) is 6.13. The van der Waals surface area contributed by atoms with Crippen molar-refractivity contribution in [1.29, 1.82) is 0 Å². The predicted octanol–water partition coefficient (Wildman–Crippen LogP) is 3.17. The summed E-state index contributed by atoms with van der Waals surface area (Å²) in [5, 5.41) is 0. The molecule has 2 aliphatic rings. The van der Waals surface area contributed by atoms with E-state index in [1.807, 2.05) is 35.2 Å². The van der Waals surface area contributed by atoms with Gasteiger partial charge in [0.25, 0.3) is 0 Å². The SMILES string of the molecule is O=C(Cc1ccccc1)N1CCOC2(CCN(CCc3ccccc3)CC2)C1. The summed E-state index contributed by atoms with van der Waals surface area (Å²) >= 11 is 0. The van der Waals surface area contributed by atoms with Crippen LogP contribution in [0.1, 0.15) is 24.0 Å². The maximum Gasteiger partial charge on any atom is 0.227 e. The first-order valence-corrected chi connectivity index (χ1v) is 10.4. The molecule has 0 aliphatic carbocycles. The molecule has 2 heterocycles. The van der Waals surface area contributed by atoms with Crippen molar-refractivity contribution in [3.05, 3.63) is 71.8 Å². The van der Waals surface area contributed by atoms with E-state index < -0.39 is 0 Å². The summed E-state index contributed by atoms with van der Waals surface area (Å²) in [6, 6.07) is 20.7. The number of likely N-dealkylation sites (tertiary alicyclic amines) is 1. The lowest BCUT2D eigenvalue weighted by atomic mass is 9.89. The quantitative estimate of drug-likeness (QED) is 0.801. The zero-order chi connectivity index (χ0) is 19.2. The van der Waals surface area contributed by atoms with Crippen LogP contribution in [0.4, 0.5) is 0 Å². The smallest absolute Gasteiger partial charge is 0.227 e. The molecule has 4 nitrogen and oxygen atoms in total. The minimum Gasteiger partial charge on any atom is -0.371 e. The molecule has 0 atom stereocenters. The highest BCUT2D eigenvalue weighted by Gasteiger charge is 2.40. The molecule has 0 N–H and O–H groups in total. The van der Waals surface area contributed by atoms with Gasteiger partial charge < -0.3 is 14.5 Å².